The van der Waals surface area contributed by atoms with Gasteiger partial charge in [0.05, 0.1) is 21.7 Å². The smallest absolute Gasteiger partial charge is 0.238 e. The molecule has 0 saturated heterocycles. The Kier molecular flexibility index (Phi) is 6.12. The third-order valence-electron chi connectivity index (χ3n) is 4.98. The zero-order valence-corrected chi connectivity index (χ0v) is 19.0. The van der Waals surface area contributed by atoms with E-state index in [0.29, 0.717) is 16.4 Å². The number of aromatic amines is 1. The van der Waals surface area contributed by atoms with E-state index >= 15 is 0 Å². The Balaban J connectivity index is 1.59. The summed E-state index contributed by atoms with van der Waals surface area (Å²) in [4.78, 5) is 9.33. The number of benzene rings is 2. The summed E-state index contributed by atoms with van der Waals surface area (Å²) in [6, 6.07) is 12.9. The van der Waals surface area contributed by atoms with Crippen molar-refractivity contribution in [3.05, 3.63) is 53.9 Å². The molecule has 4 rings (SSSR count). The summed E-state index contributed by atoms with van der Waals surface area (Å²) in [6.45, 7) is 4.98. The van der Waals surface area contributed by atoms with Gasteiger partial charge in [-0.15, -0.1) is 5.10 Å². The lowest BCUT2D eigenvalue weighted by atomic mass is 10.1. The van der Waals surface area contributed by atoms with Crippen molar-refractivity contribution in [2.24, 2.45) is 5.14 Å². The number of hydrogen-bond donors (Lipinski definition) is 2. The number of hydrogen-bond acceptors (Lipinski definition) is 6. The molecule has 0 aliphatic rings. The average molecular weight is 457 g/mol. The van der Waals surface area contributed by atoms with Crippen LogP contribution >= 0.6 is 11.8 Å². The highest BCUT2D eigenvalue weighted by Gasteiger charge is 2.16. The molecule has 0 fully saturated rings. The summed E-state index contributed by atoms with van der Waals surface area (Å²) in [5.74, 6) is 2.13. The number of thioether (sulfide) groups is 1. The van der Waals surface area contributed by atoms with E-state index in [2.05, 4.69) is 31.7 Å². The number of nitrogens with two attached hydrogens (primary N) is 1. The lowest BCUT2D eigenvalue weighted by molar-refractivity contribution is 0.598. The first-order valence-corrected chi connectivity index (χ1v) is 12.5. The van der Waals surface area contributed by atoms with Crippen LogP contribution in [0.3, 0.4) is 0 Å². The van der Waals surface area contributed by atoms with E-state index < -0.39 is 10.0 Å². The molecule has 2 heterocycles. The highest BCUT2D eigenvalue weighted by molar-refractivity contribution is 7.98. The zero-order valence-electron chi connectivity index (χ0n) is 17.4. The van der Waals surface area contributed by atoms with Crippen LogP contribution in [0.2, 0.25) is 0 Å². The first-order valence-electron chi connectivity index (χ1n) is 9.99. The Morgan fingerprint density at radius 1 is 1.13 bits per heavy atom. The number of primary sulfonamides is 1. The molecule has 0 aliphatic heterocycles. The van der Waals surface area contributed by atoms with E-state index in [0.717, 1.165) is 42.1 Å². The summed E-state index contributed by atoms with van der Waals surface area (Å²) < 4.78 is 25.5. The van der Waals surface area contributed by atoms with E-state index in [1.54, 1.807) is 6.07 Å². The maximum atomic E-state index is 11.7. The van der Waals surface area contributed by atoms with Gasteiger partial charge >= 0.3 is 0 Å². The molecule has 162 valence electrons. The highest BCUT2D eigenvalue weighted by atomic mass is 32.2. The number of aryl methyl sites for hydroxylation is 2. The molecule has 0 aliphatic carbocycles. The molecule has 3 N–H and O–H groups in total. The van der Waals surface area contributed by atoms with E-state index in [9.17, 15) is 8.42 Å². The molecule has 31 heavy (non-hydrogen) atoms. The first kappa shape index (κ1) is 21.5. The summed E-state index contributed by atoms with van der Waals surface area (Å²) >= 11 is 1.49. The van der Waals surface area contributed by atoms with Crippen molar-refractivity contribution in [1.82, 2.24) is 24.7 Å². The number of nitrogens with zero attached hydrogens (tertiary/aromatic N) is 4. The normalized spacial score (nSPS) is 12.0. The van der Waals surface area contributed by atoms with Crippen molar-refractivity contribution in [1.29, 1.82) is 0 Å². The Bertz CT molecular complexity index is 1310. The third kappa shape index (κ3) is 4.81. The number of aromatic nitrogens is 5. The zero-order chi connectivity index (χ0) is 22.0. The average Bonchev–Trinajstić information content (AvgIpc) is 3.34. The molecule has 2 aromatic heterocycles. The molecule has 0 radical (unpaired) electrons. The van der Waals surface area contributed by atoms with Crippen molar-refractivity contribution in [3.8, 4) is 11.4 Å². The van der Waals surface area contributed by atoms with Crippen molar-refractivity contribution in [3.63, 3.8) is 0 Å². The van der Waals surface area contributed by atoms with Crippen LogP contribution in [-0.2, 0) is 22.3 Å². The Morgan fingerprint density at radius 2 is 1.90 bits per heavy atom. The Hall–Kier alpha value is -2.69. The first-order chi connectivity index (χ1) is 14.8. The molecule has 0 atom stereocenters. The molecule has 0 amide bonds. The summed E-state index contributed by atoms with van der Waals surface area (Å²) in [5.41, 5.74) is 3.69. The van der Waals surface area contributed by atoms with Gasteiger partial charge in [-0.3, -0.25) is 5.10 Å². The van der Waals surface area contributed by atoms with Crippen LogP contribution in [0.25, 0.3) is 22.4 Å². The predicted octanol–water partition coefficient (Wildman–Crippen LogP) is 3.87. The maximum Gasteiger partial charge on any atom is 0.238 e. The lowest BCUT2D eigenvalue weighted by Gasteiger charge is -2.08. The number of sulfonamides is 1. The quantitative estimate of drug-likeness (QED) is 0.388. The molecule has 0 spiro atoms. The van der Waals surface area contributed by atoms with Crippen LogP contribution in [0.5, 0.6) is 0 Å². The second kappa shape index (κ2) is 8.81. The fraction of sp³-hybridized carbons (Fsp3) is 0.286. The van der Waals surface area contributed by atoms with Gasteiger partial charge in [0.2, 0.25) is 15.2 Å². The summed E-state index contributed by atoms with van der Waals surface area (Å²) in [7, 11) is -3.78. The molecule has 0 saturated carbocycles. The summed E-state index contributed by atoms with van der Waals surface area (Å²) in [6.07, 6.45) is 2.04. The Morgan fingerprint density at radius 3 is 2.61 bits per heavy atom. The van der Waals surface area contributed by atoms with Crippen LogP contribution in [0.1, 0.15) is 31.2 Å². The molecule has 2 aromatic carbocycles. The summed E-state index contributed by atoms with van der Waals surface area (Å²) in [5, 5.41) is 13.2. The van der Waals surface area contributed by atoms with Crippen molar-refractivity contribution >= 4 is 32.8 Å². The van der Waals surface area contributed by atoms with Gasteiger partial charge in [0, 0.05) is 12.1 Å². The van der Waals surface area contributed by atoms with Gasteiger partial charge in [0.15, 0.2) is 5.82 Å². The van der Waals surface area contributed by atoms with Gasteiger partial charge in [-0.2, -0.15) is 0 Å². The van der Waals surface area contributed by atoms with Gasteiger partial charge < -0.3 is 4.57 Å². The fourth-order valence-electron chi connectivity index (χ4n) is 3.29. The maximum absolute atomic E-state index is 11.7. The second-order valence-electron chi connectivity index (χ2n) is 7.35. The molecule has 8 nitrogen and oxygen atoms in total. The van der Waals surface area contributed by atoms with E-state index in [1.165, 1.54) is 29.5 Å². The van der Waals surface area contributed by atoms with Gasteiger partial charge in [0.25, 0.3) is 0 Å². The molecule has 4 aromatic rings. The van der Waals surface area contributed by atoms with Crippen molar-refractivity contribution < 1.29 is 8.42 Å². The second-order valence-corrected chi connectivity index (χ2v) is 9.85. The van der Waals surface area contributed by atoms with E-state index in [1.807, 2.05) is 31.2 Å². The lowest BCUT2D eigenvalue weighted by Crippen LogP contribution is -2.11. The van der Waals surface area contributed by atoms with Crippen molar-refractivity contribution in [2.45, 2.75) is 49.0 Å². The number of H-pyrrole nitrogens is 1. The van der Waals surface area contributed by atoms with Gasteiger partial charge in [-0.1, -0.05) is 54.9 Å². The number of fused-ring (bicyclic) bond motifs is 1. The van der Waals surface area contributed by atoms with Crippen LogP contribution in [0, 0.1) is 6.92 Å². The van der Waals surface area contributed by atoms with Crippen molar-refractivity contribution in [2.75, 3.05) is 0 Å². The van der Waals surface area contributed by atoms with E-state index in [4.69, 9.17) is 5.14 Å². The third-order valence-corrected chi connectivity index (χ3v) is 6.74. The van der Waals surface area contributed by atoms with Crippen LogP contribution in [0.15, 0.2) is 52.5 Å². The predicted molar refractivity (Wildman–Crippen MR) is 122 cm³/mol. The molecule has 0 bridgehead atoms. The minimum absolute atomic E-state index is 0.0658. The van der Waals surface area contributed by atoms with Gasteiger partial charge in [-0.05, 0) is 31.5 Å². The van der Waals surface area contributed by atoms with E-state index in [-0.39, 0.29) is 4.90 Å². The highest BCUT2D eigenvalue weighted by Crippen LogP contribution is 2.26. The van der Waals surface area contributed by atoms with Gasteiger partial charge in [0.1, 0.15) is 5.82 Å². The molecular weight excluding hydrogens is 432 g/mol. The van der Waals surface area contributed by atoms with Crippen LogP contribution < -0.4 is 5.14 Å². The Labute approximate surface area is 185 Å². The molecule has 10 heteroatoms. The van der Waals surface area contributed by atoms with Crippen LogP contribution in [-0.4, -0.2) is 33.2 Å². The van der Waals surface area contributed by atoms with Crippen LogP contribution in [0.4, 0.5) is 0 Å². The number of nitrogens with one attached hydrogen (secondary N) is 1. The SMILES string of the molecule is CCCCn1c(CSc2n[nH]c(-c3ccc(C)cc3)n2)nc2cc(S(N)(=O)=O)ccc21. The standard InChI is InChI=1S/C21H24N6O2S2/c1-3-4-11-27-18-10-9-16(31(22,28)29)12-17(18)23-19(27)13-30-21-24-20(25-26-21)15-7-5-14(2)6-8-15/h5-10,12H,3-4,11,13H2,1-2H3,(H2,22,28,29)(H,24,25,26). The topological polar surface area (TPSA) is 120 Å². The minimum Gasteiger partial charge on any atom is -0.327 e. The monoisotopic (exact) mass is 456 g/mol. The number of imidazole rings is 1. The minimum atomic E-state index is -3.78. The number of unbranched alkanes of at least 4 members (excludes halogenated alkanes) is 1. The van der Waals surface area contributed by atoms with Gasteiger partial charge in [-0.25, -0.2) is 23.5 Å². The largest absolute Gasteiger partial charge is 0.327 e. The number of rotatable bonds is 8. The molecule has 0 unspecified atom stereocenters. The molecular formula is C21H24N6O2S2. The fourth-order valence-corrected chi connectivity index (χ4v) is 4.57.